The predicted octanol–water partition coefficient (Wildman–Crippen LogP) is 0.743. The molecule has 1 aliphatic carbocycles. The van der Waals surface area contributed by atoms with Gasteiger partial charge in [0.2, 0.25) is 0 Å². The summed E-state index contributed by atoms with van der Waals surface area (Å²) in [5.41, 5.74) is 5.42. The van der Waals surface area contributed by atoms with Crippen LogP contribution in [0.3, 0.4) is 0 Å². The zero-order chi connectivity index (χ0) is 10.3. The molecule has 1 aromatic rings. The van der Waals surface area contributed by atoms with Gasteiger partial charge in [-0.1, -0.05) is 13.8 Å². The molecule has 0 unspecified atom stereocenters. The lowest BCUT2D eigenvalue weighted by atomic mass is 9.90. The van der Waals surface area contributed by atoms with Crippen LogP contribution in [0.25, 0.3) is 0 Å². The van der Waals surface area contributed by atoms with Gasteiger partial charge in [0.25, 0.3) is 5.91 Å². The van der Waals surface area contributed by atoms with Gasteiger partial charge in [0.1, 0.15) is 5.69 Å². The van der Waals surface area contributed by atoms with E-state index in [1.807, 2.05) is 6.07 Å². The van der Waals surface area contributed by atoms with E-state index in [-0.39, 0.29) is 5.91 Å². The van der Waals surface area contributed by atoms with Crippen molar-refractivity contribution in [3.63, 3.8) is 0 Å². The van der Waals surface area contributed by atoms with Crippen LogP contribution in [0.4, 0.5) is 0 Å². The minimum atomic E-state index is -0.253. The Bertz CT molecular complexity index is 353. The minimum Gasteiger partial charge on any atom is -0.354 e. The molecule has 0 atom stereocenters. The molecular formula is C10H15N3O. The van der Waals surface area contributed by atoms with Crippen molar-refractivity contribution < 1.29 is 4.79 Å². The molecule has 1 aromatic heterocycles. The van der Waals surface area contributed by atoms with Crippen LogP contribution in [0.15, 0.2) is 6.07 Å². The first-order valence-corrected chi connectivity index (χ1v) is 4.73. The number of aromatic amines is 1. The summed E-state index contributed by atoms with van der Waals surface area (Å²) >= 11 is 0. The smallest absolute Gasteiger partial charge is 0.281 e. The molecule has 2 rings (SSSR count). The van der Waals surface area contributed by atoms with Crippen LogP contribution in [-0.4, -0.2) is 10.9 Å². The number of aromatic nitrogens is 1. The van der Waals surface area contributed by atoms with E-state index in [0.717, 1.165) is 12.8 Å². The van der Waals surface area contributed by atoms with E-state index in [2.05, 4.69) is 24.3 Å². The number of rotatable bonds is 1. The maximum Gasteiger partial charge on any atom is 0.281 e. The molecule has 0 radical (unpaired) electrons. The van der Waals surface area contributed by atoms with Crippen LogP contribution in [0.1, 0.15) is 35.6 Å². The Labute approximate surface area is 82.8 Å². The number of hydrogen-bond acceptors (Lipinski definition) is 2. The molecule has 0 spiro atoms. The van der Waals surface area contributed by atoms with E-state index in [9.17, 15) is 4.79 Å². The Balaban J connectivity index is 2.27. The number of hydrogen-bond donors (Lipinski definition) is 3. The molecule has 1 heterocycles. The van der Waals surface area contributed by atoms with E-state index in [4.69, 9.17) is 5.84 Å². The van der Waals surface area contributed by atoms with Crippen molar-refractivity contribution in [2.24, 2.45) is 11.3 Å². The highest BCUT2D eigenvalue weighted by atomic mass is 16.2. The molecule has 76 valence electrons. The lowest BCUT2D eigenvalue weighted by molar-refractivity contribution is 0.0949. The third-order valence-electron chi connectivity index (χ3n) is 2.69. The van der Waals surface area contributed by atoms with Gasteiger partial charge in [-0.3, -0.25) is 10.2 Å². The summed E-state index contributed by atoms with van der Waals surface area (Å²) in [7, 11) is 0. The molecule has 1 amide bonds. The van der Waals surface area contributed by atoms with Crippen molar-refractivity contribution >= 4 is 5.91 Å². The van der Waals surface area contributed by atoms with Crippen molar-refractivity contribution in [3.8, 4) is 0 Å². The average molecular weight is 193 g/mol. The van der Waals surface area contributed by atoms with Crippen LogP contribution < -0.4 is 11.3 Å². The number of amides is 1. The van der Waals surface area contributed by atoms with Crippen LogP contribution >= 0.6 is 0 Å². The standard InChI is InChI=1S/C10H15N3O/c1-10(2)4-6-3-7(9(14)13-11)12-8(6)5-10/h3,12H,4-5,11H2,1-2H3,(H,13,14). The second-order valence-corrected chi connectivity index (χ2v) is 4.68. The lowest BCUT2D eigenvalue weighted by Gasteiger charge is -2.15. The average Bonchev–Trinajstić information content (AvgIpc) is 2.56. The summed E-state index contributed by atoms with van der Waals surface area (Å²) in [5.74, 6) is 4.80. The maximum atomic E-state index is 11.2. The fraction of sp³-hybridized carbons (Fsp3) is 0.500. The molecule has 0 aliphatic heterocycles. The summed E-state index contributed by atoms with van der Waals surface area (Å²) < 4.78 is 0. The Morgan fingerprint density at radius 3 is 2.86 bits per heavy atom. The van der Waals surface area contributed by atoms with Crippen molar-refractivity contribution in [3.05, 3.63) is 23.0 Å². The highest BCUT2D eigenvalue weighted by Gasteiger charge is 2.30. The van der Waals surface area contributed by atoms with Gasteiger partial charge < -0.3 is 4.98 Å². The molecule has 4 N–H and O–H groups in total. The van der Waals surface area contributed by atoms with E-state index in [1.54, 1.807) is 0 Å². The number of fused-ring (bicyclic) bond motifs is 1. The molecule has 1 aliphatic rings. The molecule has 0 fully saturated rings. The fourth-order valence-electron chi connectivity index (χ4n) is 2.11. The van der Waals surface area contributed by atoms with Crippen molar-refractivity contribution in [1.82, 2.24) is 10.4 Å². The molecule has 0 aromatic carbocycles. The normalized spacial score (nSPS) is 17.9. The fourth-order valence-corrected chi connectivity index (χ4v) is 2.11. The van der Waals surface area contributed by atoms with Gasteiger partial charge >= 0.3 is 0 Å². The number of nitrogens with two attached hydrogens (primary N) is 1. The third kappa shape index (κ3) is 1.42. The first-order chi connectivity index (χ1) is 6.52. The largest absolute Gasteiger partial charge is 0.354 e. The lowest BCUT2D eigenvalue weighted by Crippen LogP contribution is -2.30. The quantitative estimate of drug-likeness (QED) is 0.350. The van der Waals surface area contributed by atoms with Gasteiger partial charge in [-0.15, -0.1) is 0 Å². The first kappa shape index (κ1) is 9.27. The minimum absolute atomic E-state index is 0.253. The Kier molecular flexibility index (Phi) is 1.89. The van der Waals surface area contributed by atoms with Crippen LogP contribution in [0.2, 0.25) is 0 Å². The van der Waals surface area contributed by atoms with E-state index >= 15 is 0 Å². The Morgan fingerprint density at radius 1 is 1.57 bits per heavy atom. The van der Waals surface area contributed by atoms with E-state index < -0.39 is 0 Å². The molecule has 0 bridgehead atoms. The maximum absolute atomic E-state index is 11.2. The van der Waals surface area contributed by atoms with Gasteiger partial charge in [-0.2, -0.15) is 0 Å². The van der Waals surface area contributed by atoms with Crippen molar-refractivity contribution in [2.45, 2.75) is 26.7 Å². The molecular weight excluding hydrogens is 178 g/mol. The van der Waals surface area contributed by atoms with Gasteiger partial charge in [-0.05, 0) is 29.9 Å². The van der Waals surface area contributed by atoms with Gasteiger partial charge in [-0.25, -0.2) is 5.84 Å². The van der Waals surface area contributed by atoms with Crippen molar-refractivity contribution in [2.75, 3.05) is 0 Å². The predicted molar refractivity (Wildman–Crippen MR) is 53.6 cm³/mol. The number of nitrogens with one attached hydrogen (secondary N) is 2. The summed E-state index contributed by atoms with van der Waals surface area (Å²) in [6.07, 6.45) is 2.02. The van der Waals surface area contributed by atoms with Crippen LogP contribution in [0, 0.1) is 5.41 Å². The molecule has 14 heavy (non-hydrogen) atoms. The SMILES string of the molecule is CC1(C)Cc2cc(C(=O)NN)[nH]c2C1. The molecule has 4 heteroatoms. The Hall–Kier alpha value is -1.29. The second kappa shape index (κ2) is 2.85. The zero-order valence-corrected chi connectivity index (χ0v) is 8.48. The van der Waals surface area contributed by atoms with Gasteiger partial charge in [0, 0.05) is 5.69 Å². The first-order valence-electron chi connectivity index (χ1n) is 4.73. The zero-order valence-electron chi connectivity index (χ0n) is 8.48. The van der Waals surface area contributed by atoms with Crippen LogP contribution in [0.5, 0.6) is 0 Å². The summed E-state index contributed by atoms with van der Waals surface area (Å²) in [4.78, 5) is 14.3. The highest BCUT2D eigenvalue weighted by Crippen LogP contribution is 2.35. The highest BCUT2D eigenvalue weighted by molar-refractivity contribution is 5.92. The monoisotopic (exact) mass is 193 g/mol. The second-order valence-electron chi connectivity index (χ2n) is 4.68. The van der Waals surface area contributed by atoms with Gasteiger partial charge in [0.15, 0.2) is 0 Å². The summed E-state index contributed by atoms with van der Waals surface area (Å²) in [5, 5.41) is 0. The topological polar surface area (TPSA) is 70.9 Å². The molecule has 4 nitrogen and oxygen atoms in total. The number of nitrogen functional groups attached to an aromatic ring is 1. The number of H-pyrrole nitrogens is 1. The summed E-state index contributed by atoms with van der Waals surface area (Å²) in [6.45, 7) is 4.45. The van der Waals surface area contributed by atoms with Gasteiger partial charge in [0.05, 0.1) is 0 Å². The number of hydrazine groups is 1. The summed E-state index contributed by atoms with van der Waals surface area (Å²) in [6, 6.07) is 1.90. The van der Waals surface area contributed by atoms with Crippen molar-refractivity contribution in [1.29, 1.82) is 0 Å². The molecule has 0 saturated heterocycles. The molecule has 0 saturated carbocycles. The number of carbonyl (C=O) groups is 1. The third-order valence-corrected chi connectivity index (χ3v) is 2.69. The number of carbonyl (C=O) groups excluding carboxylic acids is 1. The van der Waals surface area contributed by atoms with E-state index in [0.29, 0.717) is 11.1 Å². The van der Waals surface area contributed by atoms with Crippen LogP contribution in [-0.2, 0) is 12.8 Å². The van der Waals surface area contributed by atoms with E-state index in [1.165, 1.54) is 11.3 Å². The Morgan fingerprint density at radius 2 is 2.29 bits per heavy atom.